The van der Waals surface area contributed by atoms with Gasteiger partial charge in [-0.15, -0.1) is 0 Å². The minimum Gasteiger partial charge on any atom is -0.629 e. The molecule has 3 heteroatoms. The van der Waals surface area contributed by atoms with Crippen LogP contribution in [-0.4, -0.2) is 13.1 Å². The Morgan fingerprint density at radius 1 is 1.78 bits per heavy atom. The van der Waals surface area contributed by atoms with E-state index in [1.165, 1.54) is 0 Å². The maximum Gasteiger partial charge on any atom is 0.104 e. The first-order valence-corrected chi connectivity index (χ1v) is 2.92. The van der Waals surface area contributed by atoms with Gasteiger partial charge in [0.1, 0.15) is 6.54 Å². The maximum absolute atomic E-state index is 10.6. The smallest absolute Gasteiger partial charge is 0.104 e. The van der Waals surface area contributed by atoms with Crippen LogP contribution in [0.2, 0.25) is 0 Å². The quantitative estimate of drug-likeness (QED) is 0.433. The van der Waals surface area contributed by atoms with Crippen molar-refractivity contribution in [2.24, 2.45) is 5.73 Å². The Kier molecular flexibility index (Phi) is 2.00. The standard InChI is InChI=1S/C6H10N2O/c7-4-6-2-1-3-8(9)5-6/h1-3,8H,4-5,7H2. The molecule has 0 aromatic heterocycles. The van der Waals surface area contributed by atoms with Crippen molar-refractivity contribution in [3.8, 4) is 0 Å². The molecule has 1 rings (SSSR count). The Labute approximate surface area is 54.0 Å². The molecule has 0 fully saturated rings. The van der Waals surface area contributed by atoms with Gasteiger partial charge in [-0.3, -0.25) is 0 Å². The normalized spacial score (nSPS) is 26.0. The second-order valence-electron chi connectivity index (χ2n) is 2.03. The molecule has 1 unspecified atom stereocenters. The molecule has 0 bridgehead atoms. The highest BCUT2D eigenvalue weighted by molar-refractivity contribution is 5.14. The molecule has 1 heterocycles. The fraction of sp³-hybridized carbons (Fsp3) is 0.333. The molecule has 0 aliphatic carbocycles. The summed E-state index contributed by atoms with van der Waals surface area (Å²) < 4.78 is 0. The molecule has 0 spiro atoms. The third kappa shape index (κ3) is 1.64. The Bertz CT molecular complexity index is 151. The average molecular weight is 126 g/mol. The zero-order valence-corrected chi connectivity index (χ0v) is 5.13. The molecule has 1 aliphatic heterocycles. The Hall–Kier alpha value is -0.640. The van der Waals surface area contributed by atoms with Crippen molar-refractivity contribution in [3.05, 3.63) is 29.1 Å². The van der Waals surface area contributed by atoms with E-state index in [2.05, 4.69) is 0 Å². The molecule has 9 heavy (non-hydrogen) atoms. The van der Waals surface area contributed by atoms with Crippen molar-refractivity contribution in [2.75, 3.05) is 13.1 Å². The monoisotopic (exact) mass is 126 g/mol. The van der Waals surface area contributed by atoms with Gasteiger partial charge in [-0.2, -0.15) is 0 Å². The summed E-state index contributed by atoms with van der Waals surface area (Å²) in [5, 5.41) is 10.8. The van der Waals surface area contributed by atoms with E-state index < -0.39 is 0 Å². The van der Waals surface area contributed by atoms with Crippen molar-refractivity contribution < 1.29 is 5.06 Å². The molecule has 1 atom stereocenters. The molecule has 0 saturated carbocycles. The molecule has 0 radical (unpaired) electrons. The molecule has 1 aliphatic rings. The number of rotatable bonds is 1. The number of quaternary nitrogens is 1. The fourth-order valence-electron chi connectivity index (χ4n) is 0.773. The molecular formula is C6H10N2O. The van der Waals surface area contributed by atoms with Crippen LogP contribution in [0.15, 0.2) is 23.9 Å². The third-order valence-electron chi connectivity index (χ3n) is 1.28. The van der Waals surface area contributed by atoms with Crippen LogP contribution < -0.4 is 10.8 Å². The van der Waals surface area contributed by atoms with Gasteiger partial charge in [0, 0.05) is 6.54 Å². The predicted molar refractivity (Wildman–Crippen MR) is 35.5 cm³/mol. The van der Waals surface area contributed by atoms with E-state index in [1.54, 1.807) is 12.3 Å². The van der Waals surface area contributed by atoms with E-state index in [0.29, 0.717) is 13.1 Å². The van der Waals surface area contributed by atoms with E-state index >= 15 is 0 Å². The number of hydrogen-bond acceptors (Lipinski definition) is 2. The second-order valence-corrected chi connectivity index (χ2v) is 2.03. The van der Waals surface area contributed by atoms with Crippen LogP contribution in [-0.2, 0) is 0 Å². The minimum absolute atomic E-state index is 0.151. The Balaban J connectivity index is 2.55. The van der Waals surface area contributed by atoms with E-state index in [1.807, 2.05) is 6.08 Å². The van der Waals surface area contributed by atoms with Gasteiger partial charge in [-0.25, -0.2) is 0 Å². The summed E-state index contributed by atoms with van der Waals surface area (Å²) in [5.41, 5.74) is 6.33. The van der Waals surface area contributed by atoms with E-state index in [-0.39, 0.29) is 5.06 Å². The first kappa shape index (κ1) is 6.48. The highest BCUT2D eigenvalue weighted by atomic mass is 16.5. The van der Waals surface area contributed by atoms with E-state index in [9.17, 15) is 5.21 Å². The second kappa shape index (κ2) is 2.77. The zero-order valence-electron chi connectivity index (χ0n) is 5.13. The highest BCUT2D eigenvalue weighted by Crippen LogP contribution is 1.90. The summed E-state index contributed by atoms with van der Waals surface area (Å²) in [7, 11) is 0. The van der Waals surface area contributed by atoms with Crippen LogP contribution in [0.3, 0.4) is 0 Å². The summed E-state index contributed by atoms with van der Waals surface area (Å²) in [6.07, 6.45) is 5.20. The highest BCUT2D eigenvalue weighted by Gasteiger charge is 2.01. The van der Waals surface area contributed by atoms with Gasteiger partial charge >= 0.3 is 0 Å². The lowest BCUT2D eigenvalue weighted by atomic mass is 10.2. The fourth-order valence-corrected chi connectivity index (χ4v) is 0.773. The van der Waals surface area contributed by atoms with E-state index in [4.69, 9.17) is 5.73 Å². The van der Waals surface area contributed by atoms with Gasteiger partial charge in [0.05, 0.1) is 6.20 Å². The lowest BCUT2D eigenvalue weighted by molar-refractivity contribution is -0.786. The van der Waals surface area contributed by atoms with Crippen LogP contribution in [0.25, 0.3) is 0 Å². The van der Waals surface area contributed by atoms with Gasteiger partial charge in [0.25, 0.3) is 0 Å². The van der Waals surface area contributed by atoms with Gasteiger partial charge in [0.15, 0.2) is 0 Å². The van der Waals surface area contributed by atoms with Crippen LogP contribution in [0.5, 0.6) is 0 Å². The molecule has 50 valence electrons. The lowest BCUT2D eigenvalue weighted by Gasteiger charge is -2.20. The van der Waals surface area contributed by atoms with Crippen molar-refractivity contribution in [3.63, 3.8) is 0 Å². The van der Waals surface area contributed by atoms with Gasteiger partial charge in [-0.1, -0.05) is 6.08 Å². The van der Waals surface area contributed by atoms with Crippen molar-refractivity contribution in [2.45, 2.75) is 0 Å². The first-order valence-electron chi connectivity index (χ1n) is 2.92. The van der Waals surface area contributed by atoms with Crippen molar-refractivity contribution in [1.82, 2.24) is 0 Å². The first-order chi connectivity index (χ1) is 4.33. The third-order valence-corrected chi connectivity index (χ3v) is 1.28. The summed E-state index contributed by atoms with van der Waals surface area (Å²) in [6.45, 7) is 1.00. The number of nitrogens with two attached hydrogens (primary N) is 1. The Morgan fingerprint density at radius 3 is 3.00 bits per heavy atom. The predicted octanol–water partition coefficient (Wildman–Crippen LogP) is -1.22. The lowest BCUT2D eigenvalue weighted by Crippen LogP contribution is -3.03. The molecule has 0 aromatic carbocycles. The van der Waals surface area contributed by atoms with Gasteiger partial charge in [-0.05, 0) is 11.6 Å². The van der Waals surface area contributed by atoms with Crippen LogP contribution >= 0.6 is 0 Å². The van der Waals surface area contributed by atoms with E-state index in [0.717, 1.165) is 5.57 Å². The maximum atomic E-state index is 10.6. The topological polar surface area (TPSA) is 53.5 Å². The number of nitrogens with one attached hydrogen (secondary N) is 1. The van der Waals surface area contributed by atoms with Crippen LogP contribution in [0.4, 0.5) is 0 Å². The van der Waals surface area contributed by atoms with Crippen molar-refractivity contribution in [1.29, 1.82) is 0 Å². The molecule has 0 saturated heterocycles. The Morgan fingerprint density at radius 2 is 2.56 bits per heavy atom. The largest absolute Gasteiger partial charge is 0.629 e. The van der Waals surface area contributed by atoms with Gasteiger partial charge in [0.2, 0.25) is 0 Å². The minimum atomic E-state index is 0.151. The molecule has 3 N–H and O–H groups in total. The summed E-state index contributed by atoms with van der Waals surface area (Å²) in [5.74, 6) is 0. The molecule has 0 aromatic rings. The number of hydrogen-bond donors (Lipinski definition) is 2. The summed E-state index contributed by atoms with van der Waals surface area (Å²) in [6, 6.07) is 0. The molecular weight excluding hydrogens is 116 g/mol. The summed E-state index contributed by atoms with van der Waals surface area (Å²) in [4.78, 5) is 0. The summed E-state index contributed by atoms with van der Waals surface area (Å²) >= 11 is 0. The molecule has 0 amide bonds. The number of hydroxylamine groups is 2. The SMILES string of the molecule is NCC1=CC=C[NH+]([O-])C1. The molecule has 3 nitrogen and oxygen atoms in total. The zero-order chi connectivity index (χ0) is 6.69. The van der Waals surface area contributed by atoms with Crippen LogP contribution in [0, 0.1) is 5.21 Å². The van der Waals surface area contributed by atoms with Gasteiger partial charge < -0.3 is 16.0 Å². The van der Waals surface area contributed by atoms with Crippen LogP contribution in [0.1, 0.15) is 0 Å². The average Bonchev–Trinajstić information content (AvgIpc) is 1.88. The number of allylic oxidation sites excluding steroid dienone is 2. The van der Waals surface area contributed by atoms with Crippen molar-refractivity contribution >= 4 is 0 Å².